The number of hydrogen-bond acceptors (Lipinski definition) is 4. The lowest BCUT2D eigenvalue weighted by Crippen LogP contribution is -2.36. The maximum Gasteiger partial charge on any atom is 0.224 e. The Kier molecular flexibility index (Phi) is 9.08. The zero-order valence-corrected chi connectivity index (χ0v) is 19.0. The van der Waals surface area contributed by atoms with Crippen LogP contribution in [0.15, 0.2) is 66.7 Å². The molecule has 0 bridgehead atoms. The summed E-state index contributed by atoms with van der Waals surface area (Å²) in [6.07, 6.45) is 2.68. The van der Waals surface area contributed by atoms with Crippen molar-refractivity contribution in [3.05, 3.63) is 72.3 Å². The summed E-state index contributed by atoms with van der Waals surface area (Å²) >= 11 is 0. The summed E-state index contributed by atoms with van der Waals surface area (Å²) in [5.74, 6) is 0.842. The second-order valence-electron chi connectivity index (χ2n) is 8.41. The molecule has 0 radical (unpaired) electrons. The van der Waals surface area contributed by atoms with E-state index in [2.05, 4.69) is 17.6 Å². The maximum atomic E-state index is 12.1. The van der Waals surface area contributed by atoms with E-state index in [1.165, 1.54) is 5.56 Å². The summed E-state index contributed by atoms with van der Waals surface area (Å²) in [6.45, 7) is 4.84. The Morgan fingerprint density at radius 1 is 1.00 bits per heavy atom. The van der Waals surface area contributed by atoms with Crippen molar-refractivity contribution in [3.63, 3.8) is 0 Å². The lowest BCUT2D eigenvalue weighted by molar-refractivity contribution is -0.116. The van der Waals surface area contributed by atoms with Gasteiger partial charge in [0, 0.05) is 30.1 Å². The molecule has 0 fully saturated rings. The molecule has 5 nitrogen and oxygen atoms in total. The van der Waals surface area contributed by atoms with E-state index in [0.717, 1.165) is 41.5 Å². The Morgan fingerprint density at radius 2 is 1.75 bits per heavy atom. The third kappa shape index (κ3) is 7.66. The minimum absolute atomic E-state index is 0.0514. The van der Waals surface area contributed by atoms with E-state index >= 15 is 0 Å². The van der Waals surface area contributed by atoms with Gasteiger partial charge in [-0.3, -0.25) is 4.79 Å². The van der Waals surface area contributed by atoms with Crippen LogP contribution in [0.5, 0.6) is 5.75 Å². The Labute approximate surface area is 190 Å². The maximum absolute atomic E-state index is 12.1. The second kappa shape index (κ2) is 12.2. The van der Waals surface area contributed by atoms with E-state index in [1.807, 2.05) is 73.7 Å². The first kappa shape index (κ1) is 23.8. The van der Waals surface area contributed by atoms with Gasteiger partial charge in [0.05, 0.1) is 0 Å². The van der Waals surface area contributed by atoms with Gasteiger partial charge < -0.3 is 20.5 Å². The molecule has 3 rings (SSSR count). The highest BCUT2D eigenvalue weighted by atomic mass is 16.5. The van der Waals surface area contributed by atoms with Gasteiger partial charge in [0.15, 0.2) is 0 Å². The minimum atomic E-state index is -0.586. The molecule has 0 heterocycles. The molecular formula is C27H34N2O3. The largest absolute Gasteiger partial charge is 0.490 e. The Bertz CT molecular complexity index is 982. The highest BCUT2D eigenvalue weighted by molar-refractivity contribution is 5.90. The number of amides is 1. The molecule has 0 aliphatic rings. The highest BCUT2D eigenvalue weighted by Crippen LogP contribution is 2.25. The average molecular weight is 435 g/mol. The van der Waals surface area contributed by atoms with Crippen LogP contribution in [0.25, 0.3) is 10.8 Å². The number of anilines is 1. The molecular weight excluding hydrogens is 400 g/mol. The number of carbonyl (C=O) groups excluding carboxylic acids is 1. The molecule has 0 aliphatic heterocycles. The van der Waals surface area contributed by atoms with Crippen molar-refractivity contribution in [1.29, 1.82) is 0 Å². The third-order valence-electron chi connectivity index (χ3n) is 5.51. The topological polar surface area (TPSA) is 70.6 Å². The quantitative estimate of drug-likeness (QED) is 0.348. The number of carbonyl (C=O) groups is 1. The summed E-state index contributed by atoms with van der Waals surface area (Å²) < 4.78 is 5.86. The van der Waals surface area contributed by atoms with E-state index in [9.17, 15) is 9.90 Å². The Hall–Kier alpha value is -2.89. The fourth-order valence-electron chi connectivity index (χ4n) is 3.60. The number of rotatable bonds is 12. The first-order valence-corrected chi connectivity index (χ1v) is 11.4. The average Bonchev–Trinajstić information content (AvgIpc) is 2.80. The summed E-state index contributed by atoms with van der Waals surface area (Å²) in [7, 11) is 0. The SMILES string of the molecule is Cc1ccc(NC(=O)CCCC[C@H](C)NC[C@H](O)COc2cccc3ccccc23)cc1. The number of nitrogens with one attached hydrogen (secondary N) is 2. The fraction of sp³-hybridized carbons (Fsp3) is 0.370. The standard InChI is InChI=1S/C27H34N2O3/c1-20-14-16-23(17-15-20)29-27(31)13-6-3-8-21(2)28-18-24(30)19-32-26-12-7-10-22-9-4-5-11-25(22)26/h4-5,7,9-12,14-17,21,24,28,30H,3,6,8,13,18-19H2,1-2H3,(H,29,31)/t21-,24-/m0/s1. The molecule has 1 amide bonds. The van der Waals surface area contributed by atoms with E-state index in [1.54, 1.807) is 0 Å². The smallest absolute Gasteiger partial charge is 0.224 e. The molecule has 0 unspecified atom stereocenters. The van der Waals surface area contributed by atoms with Gasteiger partial charge in [0.2, 0.25) is 5.91 Å². The molecule has 3 aromatic rings. The van der Waals surface area contributed by atoms with Crippen molar-refractivity contribution in [2.45, 2.75) is 51.7 Å². The van der Waals surface area contributed by atoms with Crippen molar-refractivity contribution < 1.29 is 14.6 Å². The number of aliphatic hydroxyl groups is 1. The third-order valence-corrected chi connectivity index (χ3v) is 5.51. The molecule has 0 aromatic heterocycles. The van der Waals surface area contributed by atoms with Gasteiger partial charge >= 0.3 is 0 Å². The van der Waals surface area contributed by atoms with E-state index < -0.39 is 6.10 Å². The zero-order valence-electron chi connectivity index (χ0n) is 19.0. The first-order chi connectivity index (χ1) is 15.5. The Morgan fingerprint density at radius 3 is 2.56 bits per heavy atom. The zero-order chi connectivity index (χ0) is 22.8. The van der Waals surface area contributed by atoms with Crippen LogP contribution in [-0.2, 0) is 4.79 Å². The lowest BCUT2D eigenvalue weighted by atomic mass is 10.1. The van der Waals surface area contributed by atoms with Gasteiger partial charge in [-0.05, 0) is 50.3 Å². The van der Waals surface area contributed by atoms with Gasteiger partial charge in [0.1, 0.15) is 18.5 Å². The van der Waals surface area contributed by atoms with Gasteiger partial charge in [-0.15, -0.1) is 0 Å². The molecule has 2 atom stereocenters. The van der Waals surface area contributed by atoms with Crippen LogP contribution in [0.3, 0.4) is 0 Å². The van der Waals surface area contributed by atoms with Gasteiger partial charge in [-0.1, -0.05) is 60.5 Å². The number of benzene rings is 3. The highest BCUT2D eigenvalue weighted by Gasteiger charge is 2.10. The van der Waals surface area contributed by atoms with Gasteiger partial charge in [-0.2, -0.15) is 0 Å². The van der Waals surface area contributed by atoms with Crippen LogP contribution in [0, 0.1) is 6.92 Å². The van der Waals surface area contributed by atoms with Gasteiger partial charge in [-0.25, -0.2) is 0 Å². The van der Waals surface area contributed by atoms with Crippen molar-refractivity contribution in [2.24, 2.45) is 0 Å². The molecule has 0 aliphatic carbocycles. The number of ether oxygens (including phenoxy) is 1. The fourth-order valence-corrected chi connectivity index (χ4v) is 3.60. The number of hydrogen-bond donors (Lipinski definition) is 3. The molecule has 3 N–H and O–H groups in total. The van der Waals surface area contributed by atoms with Crippen LogP contribution < -0.4 is 15.4 Å². The molecule has 3 aromatic carbocycles. The molecule has 5 heteroatoms. The van der Waals surface area contributed by atoms with Crippen LogP contribution in [-0.4, -0.2) is 36.3 Å². The Balaban J connectivity index is 1.28. The number of unbranched alkanes of at least 4 members (excludes halogenated alkanes) is 1. The first-order valence-electron chi connectivity index (χ1n) is 11.4. The predicted molar refractivity (Wildman–Crippen MR) is 131 cm³/mol. The number of aliphatic hydroxyl groups excluding tert-OH is 1. The molecule has 0 saturated heterocycles. The molecule has 0 spiro atoms. The normalized spacial score (nSPS) is 13.0. The summed E-state index contributed by atoms with van der Waals surface area (Å²) in [5, 5.41) is 18.8. The second-order valence-corrected chi connectivity index (χ2v) is 8.41. The van der Waals surface area contributed by atoms with Crippen molar-refractivity contribution in [2.75, 3.05) is 18.5 Å². The number of fused-ring (bicyclic) bond motifs is 1. The van der Waals surface area contributed by atoms with Crippen LogP contribution in [0.2, 0.25) is 0 Å². The van der Waals surface area contributed by atoms with Gasteiger partial charge in [0.25, 0.3) is 0 Å². The molecule has 32 heavy (non-hydrogen) atoms. The lowest BCUT2D eigenvalue weighted by Gasteiger charge is -2.18. The van der Waals surface area contributed by atoms with Crippen LogP contribution in [0.4, 0.5) is 5.69 Å². The van der Waals surface area contributed by atoms with Crippen molar-refractivity contribution in [3.8, 4) is 5.75 Å². The number of aryl methyl sites for hydroxylation is 1. The summed E-state index contributed by atoms with van der Waals surface area (Å²) in [6, 6.07) is 22.1. The predicted octanol–water partition coefficient (Wildman–Crippen LogP) is 5.07. The van der Waals surface area contributed by atoms with Crippen LogP contribution in [0.1, 0.15) is 38.2 Å². The van der Waals surface area contributed by atoms with E-state index in [0.29, 0.717) is 13.0 Å². The molecule has 170 valence electrons. The van der Waals surface area contributed by atoms with Crippen LogP contribution >= 0.6 is 0 Å². The summed E-state index contributed by atoms with van der Waals surface area (Å²) in [5.41, 5.74) is 2.02. The summed E-state index contributed by atoms with van der Waals surface area (Å²) in [4.78, 5) is 12.1. The monoisotopic (exact) mass is 434 g/mol. The van der Waals surface area contributed by atoms with Crippen molar-refractivity contribution >= 4 is 22.4 Å². The van der Waals surface area contributed by atoms with Crippen molar-refractivity contribution in [1.82, 2.24) is 5.32 Å². The van der Waals surface area contributed by atoms with E-state index in [-0.39, 0.29) is 18.6 Å². The van der Waals surface area contributed by atoms with E-state index in [4.69, 9.17) is 4.74 Å². The minimum Gasteiger partial charge on any atom is -0.490 e. The molecule has 0 saturated carbocycles.